The summed E-state index contributed by atoms with van der Waals surface area (Å²) in [5, 5.41) is 13.3. The Balaban J connectivity index is 1.89. The number of phenols is 1. The lowest BCUT2D eigenvalue weighted by atomic mass is 9.87. The van der Waals surface area contributed by atoms with E-state index in [0.717, 1.165) is 30.5 Å². The van der Waals surface area contributed by atoms with Crippen molar-refractivity contribution in [1.82, 2.24) is 0 Å². The highest BCUT2D eigenvalue weighted by Crippen LogP contribution is 2.35. The lowest BCUT2D eigenvalue weighted by molar-refractivity contribution is 0.472. The molecule has 0 bridgehead atoms. The van der Waals surface area contributed by atoms with Crippen LogP contribution in [0.5, 0.6) is 5.75 Å². The lowest BCUT2D eigenvalue weighted by Crippen LogP contribution is -2.17. The predicted octanol–water partition coefficient (Wildman–Crippen LogP) is 4.67. The zero-order valence-corrected chi connectivity index (χ0v) is 11.6. The second kappa shape index (κ2) is 5.33. The van der Waals surface area contributed by atoms with Crippen LogP contribution in [0.3, 0.4) is 0 Å². The number of fused-ring (bicyclic) bond motifs is 1. The van der Waals surface area contributed by atoms with Crippen LogP contribution in [0.15, 0.2) is 36.4 Å². The Morgan fingerprint density at radius 2 is 2.05 bits per heavy atom. The maximum Gasteiger partial charge on any atom is 0.124 e. The van der Waals surface area contributed by atoms with Crippen molar-refractivity contribution in [3.05, 3.63) is 58.4 Å². The number of aryl methyl sites for hydroxylation is 1. The molecule has 104 valence electrons. The van der Waals surface area contributed by atoms with Crippen LogP contribution in [0.25, 0.3) is 0 Å². The van der Waals surface area contributed by atoms with Crippen molar-refractivity contribution < 1.29 is 9.50 Å². The number of hydrogen-bond acceptors (Lipinski definition) is 2. The highest BCUT2D eigenvalue weighted by molar-refractivity contribution is 6.33. The van der Waals surface area contributed by atoms with Gasteiger partial charge in [-0.15, -0.1) is 0 Å². The van der Waals surface area contributed by atoms with E-state index in [1.165, 1.54) is 17.7 Å². The van der Waals surface area contributed by atoms with Gasteiger partial charge in [0.15, 0.2) is 0 Å². The molecular weight excluding hydrogens is 277 g/mol. The van der Waals surface area contributed by atoms with Crippen LogP contribution in [0, 0.1) is 5.82 Å². The van der Waals surface area contributed by atoms with Crippen molar-refractivity contribution >= 4 is 17.3 Å². The van der Waals surface area contributed by atoms with Crippen molar-refractivity contribution in [1.29, 1.82) is 0 Å². The Morgan fingerprint density at radius 1 is 1.20 bits per heavy atom. The molecule has 20 heavy (non-hydrogen) atoms. The molecule has 4 heteroatoms. The summed E-state index contributed by atoms with van der Waals surface area (Å²) in [6, 6.07) is 9.97. The van der Waals surface area contributed by atoms with E-state index in [9.17, 15) is 9.50 Å². The Kier molecular flexibility index (Phi) is 3.53. The van der Waals surface area contributed by atoms with Crippen LogP contribution in [0.4, 0.5) is 10.1 Å². The molecule has 0 aliphatic heterocycles. The summed E-state index contributed by atoms with van der Waals surface area (Å²) in [6.07, 6.45) is 3.01. The van der Waals surface area contributed by atoms with Gasteiger partial charge in [-0.1, -0.05) is 17.7 Å². The van der Waals surface area contributed by atoms with Gasteiger partial charge in [0, 0.05) is 0 Å². The summed E-state index contributed by atoms with van der Waals surface area (Å²) < 4.78 is 13.1. The molecule has 1 atom stereocenters. The van der Waals surface area contributed by atoms with E-state index in [4.69, 9.17) is 11.6 Å². The average Bonchev–Trinajstić information content (AvgIpc) is 2.41. The summed E-state index contributed by atoms with van der Waals surface area (Å²) >= 11 is 6.06. The molecule has 2 nitrogen and oxygen atoms in total. The van der Waals surface area contributed by atoms with Gasteiger partial charge in [0.2, 0.25) is 0 Å². The highest BCUT2D eigenvalue weighted by Gasteiger charge is 2.21. The van der Waals surface area contributed by atoms with Crippen molar-refractivity contribution in [2.24, 2.45) is 0 Å². The van der Waals surface area contributed by atoms with Gasteiger partial charge in [-0.3, -0.25) is 0 Å². The van der Waals surface area contributed by atoms with Crippen LogP contribution in [-0.4, -0.2) is 5.11 Å². The van der Waals surface area contributed by atoms with Gasteiger partial charge in [-0.05, 0) is 60.7 Å². The van der Waals surface area contributed by atoms with E-state index in [-0.39, 0.29) is 11.9 Å². The third-order valence-electron chi connectivity index (χ3n) is 3.70. The topological polar surface area (TPSA) is 32.3 Å². The fraction of sp³-hybridized carbons (Fsp3) is 0.250. The summed E-state index contributed by atoms with van der Waals surface area (Å²) in [4.78, 5) is 0. The number of phenolic OH excluding ortho intramolecular Hbond substituents is 1. The normalized spacial score (nSPS) is 17.6. The van der Waals surface area contributed by atoms with E-state index < -0.39 is 0 Å². The highest BCUT2D eigenvalue weighted by atomic mass is 35.5. The number of benzene rings is 2. The Morgan fingerprint density at radius 3 is 2.85 bits per heavy atom. The van der Waals surface area contributed by atoms with Crippen molar-refractivity contribution in [3.8, 4) is 5.75 Å². The molecule has 0 saturated heterocycles. The minimum Gasteiger partial charge on any atom is -0.508 e. The quantitative estimate of drug-likeness (QED) is 0.842. The minimum atomic E-state index is -0.338. The number of aromatic hydroxyl groups is 1. The maximum absolute atomic E-state index is 13.1. The van der Waals surface area contributed by atoms with Gasteiger partial charge < -0.3 is 10.4 Å². The Hall–Kier alpha value is -1.74. The van der Waals surface area contributed by atoms with E-state index >= 15 is 0 Å². The zero-order chi connectivity index (χ0) is 14.1. The Bertz CT molecular complexity index is 644. The summed E-state index contributed by atoms with van der Waals surface area (Å²) in [5.41, 5.74) is 3.07. The van der Waals surface area contributed by atoms with Crippen molar-refractivity contribution in [2.75, 3.05) is 5.32 Å². The van der Waals surface area contributed by atoms with Crippen molar-refractivity contribution in [3.63, 3.8) is 0 Å². The first-order chi connectivity index (χ1) is 9.63. The fourth-order valence-electron chi connectivity index (χ4n) is 2.74. The summed E-state index contributed by atoms with van der Waals surface area (Å²) in [6.45, 7) is 0. The molecule has 1 unspecified atom stereocenters. The Labute approximate surface area is 122 Å². The third kappa shape index (κ3) is 2.59. The molecule has 0 spiro atoms. The van der Waals surface area contributed by atoms with Crippen molar-refractivity contribution in [2.45, 2.75) is 25.3 Å². The first-order valence-electron chi connectivity index (χ1n) is 6.67. The first-order valence-corrected chi connectivity index (χ1v) is 7.04. The van der Waals surface area contributed by atoms with Crippen LogP contribution >= 0.6 is 11.6 Å². The van der Waals surface area contributed by atoms with E-state index in [1.54, 1.807) is 12.1 Å². The molecule has 1 aliphatic rings. The van der Waals surface area contributed by atoms with Gasteiger partial charge in [-0.2, -0.15) is 0 Å². The monoisotopic (exact) mass is 291 g/mol. The molecule has 0 heterocycles. The van der Waals surface area contributed by atoms with Crippen LogP contribution in [-0.2, 0) is 6.42 Å². The average molecular weight is 292 g/mol. The molecule has 2 N–H and O–H groups in total. The predicted molar refractivity (Wildman–Crippen MR) is 78.8 cm³/mol. The number of halogens is 2. The summed E-state index contributed by atoms with van der Waals surface area (Å²) in [5.74, 6) is -0.0428. The SMILES string of the molecule is Oc1ccc2c(c1)CCCC2Nc1ccc(F)cc1Cl. The molecule has 2 aromatic carbocycles. The minimum absolute atomic E-state index is 0.141. The van der Waals surface area contributed by atoms with E-state index in [0.29, 0.717) is 10.8 Å². The van der Waals surface area contributed by atoms with Gasteiger partial charge >= 0.3 is 0 Å². The molecule has 0 amide bonds. The molecule has 0 saturated carbocycles. The molecule has 0 aromatic heterocycles. The largest absolute Gasteiger partial charge is 0.508 e. The van der Waals surface area contributed by atoms with Crippen LogP contribution < -0.4 is 5.32 Å². The van der Waals surface area contributed by atoms with Gasteiger partial charge in [0.25, 0.3) is 0 Å². The molecule has 0 fully saturated rings. The maximum atomic E-state index is 13.1. The number of nitrogens with one attached hydrogen (secondary N) is 1. The van der Waals surface area contributed by atoms with E-state index in [1.807, 2.05) is 12.1 Å². The lowest BCUT2D eigenvalue weighted by Gasteiger charge is -2.27. The number of rotatable bonds is 2. The van der Waals surface area contributed by atoms with Gasteiger partial charge in [-0.25, -0.2) is 4.39 Å². The molecule has 2 aromatic rings. The second-order valence-electron chi connectivity index (χ2n) is 5.10. The number of anilines is 1. The molecule has 3 rings (SSSR count). The first kappa shape index (κ1) is 13.3. The van der Waals surface area contributed by atoms with Gasteiger partial charge in [0.1, 0.15) is 11.6 Å². The fourth-order valence-corrected chi connectivity index (χ4v) is 2.97. The van der Waals surface area contributed by atoms with Crippen LogP contribution in [0.2, 0.25) is 5.02 Å². The van der Waals surface area contributed by atoms with E-state index in [2.05, 4.69) is 5.32 Å². The molecule has 0 radical (unpaired) electrons. The molecular formula is C16H15ClFNO. The standard InChI is InChI=1S/C16H15ClFNO/c17-14-9-11(18)4-7-16(14)19-15-3-1-2-10-8-12(20)5-6-13(10)15/h4-9,15,19-20H,1-3H2. The van der Waals surface area contributed by atoms with Crippen LogP contribution in [0.1, 0.15) is 30.0 Å². The van der Waals surface area contributed by atoms with Gasteiger partial charge in [0.05, 0.1) is 16.8 Å². The smallest absolute Gasteiger partial charge is 0.124 e. The zero-order valence-electron chi connectivity index (χ0n) is 10.9. The summed E-state index contributed by atoms with van der Waals surface area (Å²) in [7, 11) is 0. The third-order valence-corrected chi connectivity index (χ3v) is 4.01. The second-order valence-corrected chi connectivity index (χ2v) is 5.50. The molecule has 1 aliphatic carbocycles. The number of hydrogen-bond donors (Lipinski definition) is 2.